The monoisotopic (exact) mass is 350 g/mol. The highest BCUT2D eigenvalue weighted by Gasteiger charge is 2.42. The molecule has 26 heavy (non-hydrogen) atoms. The van der Waals surface area contributed by atoms with Gasteiger partial charge in [-0.05, 0) is 47.6 Å². The van der Waals surface area contributed by atoms with Gasteiger partial charge in [0.1, 0.15) is 5.75 Å². The van der Waals surface area contributed by atoms with Crippen molar-refractivity contribution in [2.75, 3.05) is 13.6 Å². The van der Waals surface area contributed by atoms with E-state index >= 15 is 0 Å². The molecule has 2 aliphatic rings. The third-order valence-corrected chi connectivity index (χ3v) is 7.13. The van der Waals surface area contributed by atoms with Crippen LogP contribution in [-0.4, -0.2) is 35.3 Å². The average molecular weight is 351 g/mol. The molecule has 0 heterocycles. The molecule has 0 radical (unpaired) electrons. The van der Waals surface area contributed by atoms with Crippen molar-refractivity contribution in [2.45, 2.75) is 64.0 Å². The highest BCUT2D eigenvalue weighted by molar-refractivity contribution is 5.41. The molecule has 3 unspecified atom stereocenters. The van der Waals surface area contributed by atoms with E-state index in [0.717, 1.165) is 12.8 Å². The molecule has 2 heteroatoms. The zero-order chi connectivity index (χ0) is 18.1. The van der Waals surface area contributed by atoms with Crippen LogP contribution in [-0.2, 0) is 25.7 Å². The number of fused-ring (bicyclic) bond motifs is 2. The molecule has 0 saturated carbocycles. The second kappa shape index (κ2) is 7.08. The SMILES string of the molecule is CCC[N+](C)(C1CCc2ccccc2C1)C1CCc2c(O)cccc2C1. The van der Waals surface area contributed by atoms with Gasteiger partial charge in [0.2, 0.25) is 0 Å². The summed E-state index contributed by atoms with van der Waals surface area (Å²) in [5, 5.41) is 10.2. The number of rotatable bonds is 4. The molecular formula is C24H32NO+. The molecule has 2 aliphatic carbocycles. The first kappa shape index (κ1) is 17.6. The van der Waals surface area contributed by atoms with Crippen LogP contribution in [0.15, 0.2) is 42.5 Å². The maximum absolute atomic E-state index is 10.2. The van der Waals surface area contributed by atoms with E-state index in [9.17, 15) is 5.11 Å². The summed E-state index contributed by atoms with van der Waals surface area (Å²) in [5.74, 6) is 0.497. The van der Waals surface area contributed by atoms with E-state index in [-0.39, 0.29) is 0 Å². The van der Waals surface area contributed by atoms with E-state index in [1.165, 1.54) is 54.3 Å². The molecule has 0 aliphatic heterocycles. The van der Waals surface area contributed by atoms with Gasteiger partial charge in [-0.2, -0.15) is 0 Å². The second-order valence-electron chi connectivity index (χ2n) is 8.55. The number of phenols is 1. The van der Waals surface area contributed by atoms with Crippen LogP contribution in [0.4, 0.5) is 0 Å². The van der Waals surface area contributed by atoms with Gasteiger partial charge >= 0.3 is 0 Å². The van der Waals surface area contributed by atoms with Gasteiger partial charge in [-0.25, -0.2) is 0 Å². The summed E-state index contributed by atoms with van der Waals surface area (Å²) in [4.78, 5) is 0. The van der Waals surface area contributed by atoms with Gasteiger partial charge in [-0.15, -0.1) is 0 Å². The lowest BCUT2D eigenvalue weighted by Gasteiger charge is -2.50. The van der Waals surface area contributed by atoms with Crippen LogP contribution in [0.5, 0.6) is 5.75 Å². The maximum Gasteiger partial charge on any atom is 0.119 e. The average Bonchev–Trinajstić information content (AvgIpc) is 2.67. The zero-order valence-electron chi connectivity index (χ0n) is 16.2. The largest absolute Gasteiger partial charge is 0.508 e. The molecule has 0 fully saturated rings. The zero-order valence-corrected chi connectivity index (χ0v) is 16.2. The van der Waals surface area contributed by atoms with Gasteiger partial charge in [0.25, 0.3) is 0 Å². The molecule has 1 N–H and O–H groups in total. The van der Waals surface area contributed by atoms with E-state index in [4.69, 9.17) is 0 Å². The van der Waals surface area contributed by atoms with Crippen molar-refractivity contribution >= 4 is 0 Å². The second-order valence-corrected chi connectivity index (χ2v) is 8.55. The Morgan fingerprint density at radius 2 is 1.54 bits per heavy atom. The van der Waals surface area contributed by atoms with Gasteiger partial charge in [0.15, 0.2) is 0 Å². The smallest absolute Gasteiger partial charge is 0.119 e. The van der Waals surface area contributed by atoms with Crippen LogP contribution >= 0.6 is 0 Å². The van der Waals surface area contributed by atoms with Crippen molar-refractivity contribution in [3.63, 3.8) is 0 Å². The third-order valence-electron chi connectivity index (χ3n) is 7.13. The minimum atomic E-state index is 0.497. The van der Waals surface area contributed by atoms with Crippen molar-refractivity contribution in [1.82, 2.24) is 0 Å². The first-order chi connectivity index (χ1) is 12.6. The summed E-state index contributed by atoms with van der Waals surface area (Å²) in [7, 11) is 2.51. The van der Waals surface area contributed by atoms with Crippen molar-refractivity contribution in [3.05, 3.63) is 64.7 Å². The Morgan fingerprint density at radius 3 is 2.31 bits per heavy atom. The molecule has 2 aromatic carbocycles. The van der Waals surface area contributed by atoms with E-state index in [2.05, 4.69) is 44.3 Å². The maximum atomic E-state index is 10.2. The molecule has 0 bridgehead atoms. The first-order valence-corrected chi connectivity index (χ1v) is 10.3. The van der Waals surface area contributed by atoms with Crippen LogP contribution in [0, 0.1) is 0 Å². The minimum Gasteiger partial charge on any atom is -0.508 e. The summed E-state index contributed by atoms with van der Waals surface area (Å²) < 4.78 is 1.19. The van der Waals surface area contributed by atoms with Crippen LogP contribution < -0.4 is 0 Å². The van der Waals surface area contributed by atoms with Crippen LogP contribution in [0.2, 0.25) is 0 Å². The highest BCUT2D eigenvalue weighted by Crippen LogP contribution is 2.37. The Hall–Kier alpha value is -1.80. The fourth-order valence-corrected chi connectivity index (χ4v) is 5.60. The first-order valence-electron chi connectivity index (χ1n) is 10.3. The number of aryl methyl sites for hydroxylation is 1. The molecule has 4 rings (SSSR count). The quantitative estimate of drug-likeness (QED) is 0.795. The number of likely N-dealkylation sites (N-methyl/N-ethyl adjacent to an activating group) is 1. The van der Waals surface area contributed by atoms with E-state index in [1.807, 2.05) is 12.1 Å². The van der Waals surface area contributed by atoms with Crippen LogP contribution in [0.3, 0.4) is 0 Å². The number of hydrogen-bond acceptors (Lipinski definition) is 1. The lowest BCUT2D eigenvalue weighted by Crippen LogP contribution is -2.62. The number of hydrogen-bond donors (Lipinski definition) is 1. The number of benzene rings is 2. The minimum absolute atomic E-state index is 0.497. The topological polar surface area (TPSA) is 20.2 Å². The Labute approximate surface area is 158 Å². The van der Waals surface area contributed by atoms with Gasteiger partial charge in [-0.1, -0.05) is 43.3 Å². The fourth-order valence-electron chi connectivity index (χ4n) is 5.60. The summed E-state index contributed by atoms with van der Waals surface area (Å²) in [6.07, 6.45) is 8.30. The predicted octanol–water partition coefficient (Wildman–Crippen LogP) is 4.66. The van der Waals surface area contributed by atoms with Gasteiger partial charge in [0, 0.05) is 25.7 Å². The van der Waals surface area contributed by atoms with E-state index < -0.39 is 0 Å². The summed E-state index contributed by atoms with van der Waals surface area (Å²) in [6.45, 7) is 3.58. The number of nitrogens with zero attached hydrogens (tertiary/aromatic N) is 1. The molecule has 138 valence electrons. The van der Waals surface area contributed by atoms with Crippen LogP contribution in [0.1, 0.15) is 48.4 Å². The van der Waals surface area contributed by atoms with Crippen LogP contribution in [0.25, 0.3) is 0 Å². The third kappa shape index (κ3) is 3.05. The van der Waals surface area contributed by atoms with E-state index in [1.54, 1.807) is 11.1 Å². The molecule has 0 saturated heterocycles. The van der Waals surface area contributed by atoms with Crippen molar-refractivity contribution in [3.8, 4) is 5.75 Å². The van der Waals surface area contributed by atoms with Crippen molar-refractivity contribution in [2.24, 2.45) is 0 Å². The van der Waals surface area contributed by atoms with Gasteiger partial charge in [-0.3, -0.25) is 0 Å². The Kier molecular flexibility index (Phi) is 4.79. The van der Waals surface area contributed by atoms with E-state index in [0.29, 0.717) is 17.8 Å². The molecule has 2 aromatic rings. The molecule has 0 amide bonds. The van der Waals surface area contributed by atoms with Gasteiger partial charge < -0.3 is 9.59 Å². The molecule has 0 spiro atoms. The number of phenolic OH excluding ortho intramolecular Hbond substituents is 1. The summed E-state index contributed by atoms with van der Waals surface area (Å²) >= 11 is 0. The van der Waals surface area contributed by atoms with Gasteiger partial charge in [0.05, 0.1) is 25.7 Å². The Balaban J connectivity index is 1.61. The number of quaternary nitrogens is 1. The normalized spacial score (nSPS) is 24.4. The molecule has 3 atom stereocenters. The molecular weight excluding hydrogens is 318 g/mol. The summed E-state index contributed by atoms with van der Waals surface area (Å²) in [6, 6.07) is 16.5. The lowest BCUT2D eigenvalue weighted by molar-refractivity contribution is -0.957. The lowest BCUT2D eigenvalue weighted by atomic mass is 9.81. The molecule has 2 nitrogen and oxygen atoms in total. The predicted molar refractivity (Wildman–Crippen MR) is 108 cm³/mol. The van der Waals surface area contributed by atoms with Crippen molar-refractivity contribution < 1.29 is 9.59 Å². The summed E-state index contributed by atoms with van der Waals surface area (Å²) in [5.41, 5.74) is 5.70. The number of aromatic hydroxyl groups is 1. The van der Waals surface area contributed by atoms with Crippen molar-refractivity contribution in [1.29, 1.82) is 0 Å². The standard InChI is InChI=1S/C24H31NO/c1-3-15-25(2,21-12-11-18-7-4-5-8-19(18)16-21)22-13-14-23-20(17-22)9-6-10-24(23)26/h4-10,21-22H,3,11-17H2,1-2H3/p+1. The Morgan fingerprint density at radius 1 is 0.885 bits per heavy atom. The highest BCUT2D eigenvalue weighted by atomic mass is 16.3. The Bertz CT molecular complexity index is 784. The fraction of sp³-hybridized carbons (Fsp3) is 0.500. The molecule has 0 aromatic heterocycles.